The molecule has 3 aromatic rings. The van der Waals surface area contributed by atoms with Crippen LogP contribution in [0.5, 0.6) is 0 Å². The van der Waals surface area contributed by atoms with Crippen LogP contribution >= 0.6 is 0 Å². The smallest absolute Gasteiger partial charge is 0.261 e. The van der Waals surface area contributed by atoms with Crippen molar-refractivity contribution in [2.45, 2.75) is 19.4 Å². The number of hydrogen-bond acceptors (Lipinski definition) is 2. The Bertz CT molecular complexity index is 896. The Hall–Kier alpha value is -2.94. The maximum atomic E-state index is 13.0. The van der Waals surface area contributed by atoms with E-state index in [1.54, 1.807) is 0 Å². The van der Waals surface area contributed by atoms with Crippen molar-refractivity contribution in [3.05, 3.63) is 83.4 Å². The van der Waals surface area contributed by atoms with Gasteiger partial charge in [0.15, 0.2) is 0 Å². The van der Waals surface area contributed by atoms with Crippen LogP contribution in [0, 0.1) is 0 Å². The molecule has 0 radical (unpaired) electrons. The van der Waals surface area contributed by atoms with Crippen LogP contribution in [0.2, 0.25) is 0 Å². The SMILES string of the molecule is C[C@@H](Cc1ccccc1)N1C(=O)c2cccc3cccc(c23)C1=O. The lowest BCUT2D eigenvalue weighted by atomic mass is 9.92. The molecule has 0 saturated carbocycles. The van der Waals surface area contributed by atoms with Crippen molar-refractivity contribution in [3.8, 4) is 0 Å². The van der Waals surface area contributed by atoms with Crippen LogP contribution in [0.3, 0.4) is 0 Å². The van der Waals surface area contributed by atoms with Gasteiger partial charge >= 0.3 is 0 Å². The van der Waals surface area contributed by atoms with Gasteiger partial charge in [-0.25, -0.2) is 0 Å². The Morgan fingerprint density at radius 2 is 1.38 bits per heavy atom. The highest BCUT2D eigenvalue weighted by atomic mass is 16.2. The van der Waals surface area contributed by atoms with E-state index in [2.05, 4.69) is 0 Å². The predicted molar refractivity (Wildman–Crippen MR) is 94.1 cm³/mol. The Balaban J connectivity index is 1.76. The van der Waals surface area contributed by atoms with Crippen molar-refractivity contribution in [1.29, 1.82) is 0 Å². The van der Waals surface area contributed by atoms with E-state index in [9.17, 15) is 9.59 Å². The Morgan fingerprint density at radius 3 is 1.96 bits per heavy atom. The molecule has 1 heterocycles. The molecule has 0 fully saturated rings. The zero-order chi connectivity index (χ0) is 16.7. The van der Waals surface area contributed by atoms with Gasteiger partial charge in [0.05, 0.1) is 0 Å². The second-order valence-corrected chi connectivity index (χ2v) is 6.23. The molecule has 2 amide bonds. The lowest BCUT2D eigenvalue weighted by Crippen LogP contribution is -2.46. The number of rotatable bonds is 3. The maximum Gasteiger partial charge on any atom is 0.261 e. The minimum Gasteiger partial charge on any atom is -0.271 e. The van der Waals surface area contributed by atoms with E-state index >= 15 is 0 Å². The van der Waals surface area contributed by atoms with Crippen LogP contribution in [-0.4, -0.2) is 22.8 Å². The fraction of sp³-hybridized carbons (Fsp3) is 0.143. The predicted octanol–water partition coefficient (Wildman–Crippen LogP) is 4.07. The first-order chi connectivity index (χ1) is 11.7. The molecular formula is C21H17NO2. The fourth-order valence-corrected chi connectivity index (χ4v) is 3.50. The zero-order valence-electron chi connectivity index (χ0n) is 13.4. The summed E-state index contributed by atoms with van der Waals surface area (Å²) in [6.07, 6.45) is 0.649. The van der Waals surface area contributed by atoms with Crippen molar-refractivity contribution in [3.63, 3.8) is 0 Å². The average Bonchev–Trinajstić information content (AvgIpc) is 2.60. The van der Waals surface area contributed by atoms with E-state index in [0.29, 0.717) is 17.5 Å². The second kappa shape index (κ2) is 5.60. The summed E-state index contributed by atoms with van der Waals surface area (Å²) in [5.41, 5.74) is 2.34. The Kier molecular flexibility index (Phi) is 3.42. The average molecular weight is 315 g/mol. The highest BCUT2D eigenvalue weighted by molar-refractivity contribution is 6.25. The fourth-order valence-electron chi connectivity index (χ4n) is 3.50. The van der Waals surface area contributed by atoms with Gasteiger partial charge in [0.1, 0.15) is 0 Å². The zero-order valence-corrected chi connectivity index (χ0v) is 13.4. The van der Waals surface area contributed by atoms with Gasteiger partial charge < -0.3 is 0 Å². The summed E-state index contributed by atoms with van der Waals surface area (Å²) in [4.78, 5) is 27.3. The third kappa shape index (κ3) is 2.21. The van der Waals surface area contributed by atoms with E-state index in [0.717, 1.165) is 16.3 Å². The number of carbonyl (C=O) groups excluding carboxylic acids is 2. The van der Waals surface area contributed by atoms with E-state index in [-0.39, 0.29) is 17.9 Å². The molecule has 0 unspecified atom stereocenters. The van der Waals surface area contributed by atoms with Crippen molar-refractivity contribution < 1.29 is 9.59 Å². The number of carbonyl (C=O) groups is 2. The van der Waals surface area contributed by atoms with Gasteiger partial charge in [-0.3, -0.25) is 14.5 Å². The monoisotopic (exact) mass is 315 g/mol. The molecular weight excluding hydrogens is 298 g/mol. The first-order valence-electron chi connectivity index (χ1n) is 8.10. The summed E-state index contributed by atoms with van der Waals surface area (Å²) in [5, 5.41) is 1.71. The van der Waals surface area contributed by atoms with Gasteiger partial charge in [0.25, 0.3) is 11.8 Å². The van der Waals surface area contributed by atoms with Crippen LogP contribution in [-0.2, 0) is 6.42 Å². The number of amides is 2. The van der Waals surface area contributed by atoms with Gasteiger partial charge in [-0.1, -0.05) is 54.6 Å². The van der Waals surface area contributed by atoms with E-state index in [1.807, 2.05) is 73.7 Å². The summed E-state index contributed by atoms with van der Waals surface area (Å²) in [6.45, 7) is 1.93. The van der Waals surface area contributed by atoms with Gasteiger partial charge in [0.2, 0.25) is 0 Å². The number of nitrogens with zero attached hydrogens (tertiary/aromatic N) is 1. The molecule has 0 saturated heterocycles. The van der Waals surface area contributed by atoms with E-state index in [4.69, 9.17) is 0 Å². The Morgan fingerprint density at radius 1 is 0.792 bits per heavy atom. The molecule has 1 aliphatic rings. The van der Waals surface area contributed by atoms with Crippen molar-refractivity contribution in [1.82, 2.24) is 4.90 Å². The molecule has 0 aromatic heterocycles. The first-order valence-corrected chi connectivity index (χ1v) is 8.10. The number of imide groups is 1. The minimum atomic E-state index is -0.201. The molecule has 1 atom stereocenters. The quantitative estimate of drug-likeness (QED) is 0.683. The topological polar surface area (TPSA) is 37.4 Å². The lowest BCUT2D eigenvalue weighted by Gasteiger charge is -2.32. The van der Waals surface area contributed by atoms with Gasteiger partial charge in [0, 0.05) is 22.6 Å². The molecule has 3 aromatic carbocycles. The summed E-state index contributed by atoms with van der Waals surface area (Å²) >= 11 is 0. The summed E-state index contributed by atoms with van der Waals surface area (Å²) in [7, 11) is 0. The maximum absolute atomic E-state index is 13.0. The van der Waals surface area contributed by atoms with Gasteiger partial charge in [-0.05, 0) is 36.4 Å². The Labute approximate surface area is 140 Å². The normalized spacial score (nSPS) is 15.0. The molecule has 4 rings (SSSR count). The molecule has 3 nitrogen and oxygen atoms in total. The highest BCUT2D eigenvalue weighted by Crippen LogP contribution is 2.31. The van der Waals surface area contributed by atoms with Crippen molar-refractivity contribution in [2.24, 2.45) is 0 Å². The third-order valence-corrected chi connectivity index (χ3v) is 4.62. The molecule has 1 aliphatic heterocycles. The third-order valence-electron chi connectivity index (χ3n) is 4.62. The molecule has 0 aliphatic carbocycles. The van der Waals surface area contributed by atoms with Crippen LogP contribution in [0.15, 0.2) is 66.7 Å². The molecule has 24 heavy (non-hydrogen) atoms. The minimum absolute atomic E-state index is 0.198. The van der Waals surface area contributed by atoms with Crippen molar-refractivity contribution >= 4 is 22.6 Å². The number of benzene rings is 3. The standard InChI is InChI=1S/C21H17NO2/c1-14(13-15-7-3-2-4-8-15)22-20(23)17-11-5-9-16-10-6-12-18(19(16)17)21(22)24/h2-12,14H,13H2,1H3/t14-/m0/s1. The molecule has 0 N–H and O–H groups in total. The van der Waals surface area contributed by atoms with Gasteiger partial charge in [-0.2, -0.15) is 0 Å². The van der Waals surface area contributed by atoms with Crippen LogP contribution < -0.4 is 0 Å². The van der Waals surface area contributed by atoms with Crippen LogP contribution in [0.1, 0.15) is 33.2 Å². The summed E-state index contributed by atoms with van der Waals surface area (Å²) < 4.78 is 0. The second-order valence-electron chi connectivity index (χ2n) is 6.23. The van der Waals surface area contributed by atoms with E-state index in [1.165, 1.54) is 4.90 Å². The lowest BCUT2D eigenvalue weighted by molar-refractivity contribution is 0.0551. The molecule has 118 valence electrons. The highest BCUT2D eigenvalue weighted by Gasteiger charge is 2.35. The van der Waals surface area contributed by atoms with Crippen LogP contribution in [0.25, 0.3) is 10.8 Å². The number of hydrogen-bond donors (Lipinski definition) is 0. The first kappa shape index (κ1) is 14.6. The molecule has 0 spiro atoms. The van der Waals surface area contributed by atoms with E-state index < -0.39 is 0 Å². The summed E-state index contributed by atoms with van der Waals surface area (Å²) in [6, 6.07) is 21.0. The molecule has 0 bridgehead atoms. The van der Waals surface area contributed by atoms with Crippen LogP contribution in [0.4, 0.5) is 0 Å². The largest absolute Gasteiger partial charge is 0.271 e. The van der Waals surface area contributed by atoms with Crippen molar-refractivity contribution in [2.75, 3.05) is 0 Å². The molecule has 3 heteroatoms. The summed E-state index contributed by atoms with van der Waals surface area (Å²) in [5.74, 6) is -0.402. The van der Waals surface area contributed by atoms with Gasteiger partial charge in [-0.15, -0.1) is 0 Å².